The van der Waals surface area contributed by atoms with Crippen LogP contribution in [-0.2, 0) is 73.3 Å². The fourth-order valence-corrected chi connectivity index (χ4v) is 16.6. The minimum absolute atomic E-state index is 0.0923. The van der Waals surface area contributed by atoms with Gasteiger partial charge in [0.25, 0.3) is 20.2 Å². The molecule has 12 rings (SSSR count). The lowest BCUT2D eigenvalue weighted by atomic mass is 9.49. The van der Waals surface area contributed by atoms with Gasteiger partial charge in [-0.25, -0.2) is 0 Å². The number of piperidine rings is 1. The summed E-state index contributed by atoms with van der Waals surface area (Å²) in [5.41, 5.74) is 13.6. The van der Waals surface area contributed by atoms with Crippen molar-refractivity contribution in [1.29, 1.82) is 0 Å². The number of benzene rings is 4. The van der Waals surface area contributed by atoms with Gasteiger partial charge < -0.3 is 62.5 Å². The molecule has 4 atom stereocenters. The number of ether oxygens (including phenoxy) is 1. The van der Waals surface area contributed by atoms with Crippen LogP contribution in [0.5, 0.6) is 11.5 Å². The highest BCUT2D eigenvalue weighted by molar-refractivity contribution is 7.86. The summed E-state index contributed by atoms with van der Waals surface area (Å²) < 4.78 is 76.5. The van der Waals surface area contributed by atoms with Crippen molar-refractivity contribution >= 4 is 89.4 Å². The van der Waals surface area contributed by atoms with Gasteiger partial charge >= 0.3 is 0 Å². The fraction of sp³-hybridized carbons (Fsp3) is 0.443. The Kier molecular flexibility index (Phi) is 18.8. The van der Waals surface area contributed by atoms with E-state index in [0.29, 0.717) is 68.0 Å². The summed E-state index contributed by atoms with van der Waals surface area (Å²) in [5, 5.41) is 40.9. The molecular formula is C70H85N12O14S2+. The van der Waals surface area contributed by atoms with Crippen molar-refractivity contribution in [2.45, 2.75) is 136 Å². The number of guanidine groups is 1. The molecule has 1 saturated heterocycles. The van der Waals surface area contributed by atoms with E-state index in [1.807, 2.05) is 94.0 Å². The Morgan fingerprint density at radius 1 is 0.776 bits per heavy atom. The number of aromatic hydroxyl groups is 1. The molecule has 5 amide bonds. The van der Waals surface area contributed by atoms with Crippen molar-refractivity contribution in [1.82, 2.24) is 36.5 Å². The third-order valence-electron chi connectivity index (χ3n) is 20.6. The van der Waals surface area contributed by atoms with E-state index in [1.165, 1.54) is 37.1 Å². The van der Waals surface area contributed by atoms with E-state index in [0.717, 1.165) is 81.1 Å². The molecule has 26 nitrogen and oxygen atoms in total. The predicted octanol–water partition coefficient (Wildman–Crippen LogP) is 4.82. The highest BCUT2D eigenvalue weighted by Crippen LogP contribution is 2.69. The number of aliphatic hydroxyl groups is 1. The molecule has 1 aromatic heterocycles. The van der Waals surface area contributed by atoms with Gasteiger partial charge in [0, 0.05) is 102 Å². The molecule has 13 N–H and O–H groups in total. The van der Waals surface area contributed by atoms with Crippen molar-refractivity contribution in [3.05, 3.63) is 136 Å². The number of allylic oxidation sites excluding steroid dienone is 6. The smallest absolute Gasteiger partial charge is 0.294 e. The standard InChI is InChI=1S/C70H84N12O14S2/c1-67(2)48-33-44(97(90,91)92)20-23-51(48)80(5)54(67)13-8-6-9-14-55-68(3,4)49-34-45(98(93,94)95)21-24-52(49)82(55)29-11-7-10-15-57(84)74-37-59(86)76-39-61(88)77-38-60(87)75-36-58(85)72-27-12-28-73-66(71)78-43-19-22-50-46(32-43)47-35-70(89)56-31-42-18-25-53(83)64-62(42)69(70,65(96-64)63(47)79-50)26-30-81(56)40-41-16-17-41/h6,8-9,13-14,18-25,32-34,41,56,65,79,89H,7,10-12,15-17,26-31,35-40H2,1-5H3,(H10-,71,72,73,74,75,76,77,78,83,84,85,86,87,88,90,91,92,93,94,95)/p+1/t56-,65+,69+,70-/m1/s1. The molecule has 98 heavy (non-hydrogen) atoms. The number of amides is 5. The topological polar surface area (TPSA) is 380 Å². The number of rotatable bonds is 26. The first-order valence-electron chi connectivity index (χ1n) is 33.2. The first kappa shape index (κ1) is 69.0. The van der Waals surface area contributed by atoms with Crippen molar-refractivity contribution < 1.29 is 69.4 Å². The number of nitrogens with one attached hydrogen (secondary N) is 7. The maximum atomic E-state index is 13.2. The van der Waals surface area contributed by atoms with Gasteiger partial charge in [-0.05, 0) is 149 Å². The van der Waals surface area contributed by atoms with Crippen LogP contribution in [0.1, 0.15) is 119 Å². The number of hydrogen-bond donors (Lipinski definition) is 12. The summed E-state index contributed by atoms with van der Waals surface area (Å²) >= 11 is 0. The van der Waals surface area contributed by atoms with E-state index in [-0.39, 0.29) is 66.0 Å². The van der Waals surface area contributed by atoms with Crippen LogP contribution in [0.15, 0.2) is 118 Å². The van der Waals surface area contributed by atoms with Crippen molar-refractivity contribution in [2.75, 3.05) is 76.2 Å². The number of carbonyl (C=O) groups excluding carboxylic acids is 5. The molecule has 5 heterocycles. The second kappa shape index (κ2) is 26.7. The summed E-state index contributed by atoms with van der Waals surface area (Å²) in [5.74, 6) is -1.36. The number of aromatic amines is 1. The van der Waals surface area contributed by atoms with Gasteiger partial charge in [0.15, 0.2) is 29.3 Å². The molecule has 2 bridgehead atoms. The van der Waals surface area contributed by atoms with Crippen molar-refractivity contribution in [3.63, 3.8) is 0 Å². The normalized spacial score (nSPS) is 22.2. The molecule has 520 valence electrons. The zero-order chi connectivity index (χ0) is 69.9. The third-order valence-corrected chi connectivity index (χ3v) is 22.3. The second-order valence-corrected chi connectivity index (χ2v) is 30.5. The van der Waals surface area contributed by atoms with E-state index in [1.54, 1.807) is 18.2 Å². The third kappa shape index (κ3) is 13.3. The van der Waals surface area contributed by atoms with Gasteiger partial charge in [0.05, 0.1) is 58.1 Å². The number of likely N-dealkylation sites (tertiary alicyclic amines) is 1. The number of carbonyl (C=O) groups is 5. The summed E-state index contributed by atoms with van der Waals surface area (Å²) in [6, 6.07) is 18.5. The Morgan fingerprint density at radius 3 is 2.12 bits per heavy atom. The molecule has 1 saturated carbocycles. The molecule has 7 aliphatic rings. The van der Waals surface area contributed by atoms with Crippen LogP contribution >= 0.6 is 0 Å². The van der Waals surface area contributed by atoms with E-state index in [9.17, 15) is 60.1 Å². The zero-order valence-corrected chi connectivity index (χ0v) is 57.1. The molecule has 2 fully saturated rings. The molecule has 28 heteroatoms. The monoisotopic (exact) mass is 1380 g/mol. The van der Waals surface area contributed by atoms with Gasteiger partial charge in [0.1, 0.15) is 7.05 Å². The Morgan fingerprint density at radius 2 is 1.44 bits per heavy atom. The van der Waals surface area contributed by atoms with Crippen LogP contribution < -0.4 is 47.3 Å². The fourth-order valence-electron chi connectivity index (χ4n) is 15.6. The zero-order valence-electron chi connectivity index (χ0n) is 55.5. The lowest BCUT2D eigenvalue weighted by molar-refractivity contribution is -0.401. The number of hydrogen-bond acceptors (Lipinski definition) is 15. The number of aliphatic imine (C=N–C) groups is 1. The summed E-state index contributed by atoms with van der Waals surface area (Å²) in [6.07, 6.45) is 15.5. The number of phenols is 1. The van der Waals surface area contributed by atoms with E-state index < -0.39 is 84.9 Å². The molecule has 4 aromatic carbocycles. The molecular weight excluding hydrogens is 1300 g/mol. The Hall–Kier alpha value is -8.93. The summed E-state index contributed by atoms with van der Waals surface area (Å²) in [7, 11) is -7.01. The molecule has 0 unspecified atom stereocenters. The van der Waals surface area contributed by atoms with Crippen LogP contribution in [-0.4, -0.2) is 169 Å². The van der Waals surface area contributed by atoms with Crippen LogP contribution in [0.3, 0.4) is 0 Å². The Balaban J connectivity index is 0.532. The van der Waals surface area contributed by atoms with Crippen molar-refractivity contribution in [2.24, 2.45) is 16.6 Å². The Labute approximate surface area is 568 Å². The van der Waals surface area contributed by atoms with E-state index >= 15 is 0 Å². The second-order valence-electron chi connectivity index (χ2n) is 27.7. The number of unbranched alkanes of at least 4 members (excludes halogenated alkanes) is 2. The number of aromatic nitrogens is 1. The summed E-state index contributed by atoms with van der Waals surface area (Å²) in [6.45, 7) is 9.06. The Bertz CT molecular complexity index is 4500. The number of fused-ring (bicyclic) bond motifs is 6. The quantitative estimate of drug-likeness (QED) is 0.00881. The van der Waals surface area contributed by atoms with Crippen molar-refractivity contribution in [3.8, 4) is 11.5 Å². The van der Waals surface area contributed by atoms with Gasteiger partial charge in [0.2, 0.25) is 35.2 Å². The molecule has 3 aliphatic carbocycles. The predicted molar refractivity (Wildman–Crippen MR) is 368 cm³/mol. The first-order chi connectivity index (χ1) is 46.5. The summed E-state index contributed by atoms with van der Waals surface area (Å²) in [4.78, 5) is 75.0. The molecule has 4 aliphatic heterocycles. The van der Waals surface area contributed by atoms with E-state index in [4.69, 9.17) is 10.5 Å². The SMILES string of the molecule is C[N+]1=C(/C=C/C=C/C=C2/N(CCCCCC(=O)NCC(=O)NCC(=O)NCC(=O)NCC(=O)NCCCN=C(N)Nc3ccc4[nH]c5c(c4c3)C[C@@]3(O)[C@H]4Cc6ccc(O)c7c6[C@@]3(CCN4CC3CC3)[C@H]5O7)c3ccc(S(=O)(=O)O)cc3C2(C)C)C(C)(C)c2cc(S(=O)(=O)O)ccc21. The van der Waals surface area contributed by atoms with Gasteiger partial charge in [-0.15, -0.1) is 0 Å². The first-order valence-corrected chi connectivity index (χ1v) is 36.1. The highest BCUT2D eigenvalue weighted by Gasteiger charge is 2.73. The molecule has 0 radical (unpaired) electrons. The number of nitrogens with two attached hydrogens (primary N) is 1. The van der Waals surface area contributed by atoms with Gasteiger partial charge in [-0.2, -0.15) is 21.4 Å². The number of phenolic OH excluding ortho intramolecular Hbond substituents is 1. The van der Waals surface area contributed by atoms with Gasteiger partial charge in [-0.3, -0.25) is 43.0 Å². The van der Waals surface area contributed by atoms with Crippen LogP contribution in [0.4, 0.5) is 17.1 Å². The highest BCUT2D eigenvalue weighted by atomic mass is 32.2. The maximum Gasteiger partial charge on any atom is 0.294 e. The maximum absolute atomic E-state index is 13.2. The van der Waals surface area contributed by atoms with Crippen LogP contribution in [0.2, 0.25) is 0 Å². The minimum atomic E-state index is -4.49. The molecule has 5 aromatic rings. The lowest BCUT2D eigenvalue weighted by Crippen LogP contribution is -2.74. The number of nitrogens with zero attached hydrogens (tertiary/aromatic N) is 4. The minimum Gasteiger partial charge on any atom is -0.504 e. The van der Waals surface area contributed by atoms with Crippen LogP contribution in [0, 0.1) is 5.92 Å². The van der Waals surface area contributed by atoms with Gasteiger partial charge in [-0.1, -0.05) is 44.6 Å². The van der Waals surface area contributed by atoms with Crippen LogP contribution in [0.25, 0.3) is 10.9 Å². The largest absolute Gasteiger partial charge is 0.504 e. The average molecular weight is 1380 g/mol. The number of anilines is 2. The van der Waals surface area contributed by atoms with E-state index in [2.05, 4.69) is 51.7 Å². The average Bonchev–Trinajstić information content (AvgIpc) is 1.41. The number of H-pyrrole nitrogens is 1. The molecule has 1 spiro atoms. The lowest BCUT2D eigenvalue weighted by Gasteiger charge is -2.62.